The van der Waals surface area contributed by atoms with Crippen molar-refractivity contribution in [2.75, 3.05) is 14.2 Å². The van der Waals surface area contributed by atoms with Crippen LogP contribution in [0.3, 0.4) is 0 Å². The molecule has 30 heavy (non-hydrogen) atoms. The topological polar surface area (TPSA) is 109 Å². The van der Waals surface area contributed by atoms with E-state index in [1.807, 2.05) is 19.9 Å². The van der Waals surface area contributed by atoms with Crippen molar-refractivity contribution in [1.82, 2.24) is 9.66 Å². The number of benzene rings is 2. The average Bonchev–Trinajstić information content (AvgIpc) is 2.72. The molecule has 0 N–H and O–H groups in total. The number of methoxy groups -OCH3 is 2. The summed E-state index contributed by atoms with van der Waals surface area (Å²) in [4.78, 5) is 28.5. The summed E-state index contributed by atoms with van der Waals surface area (Å²) in [5, 5.41) is 16.1. The van der Waals surface area contributed by atoms with Crippen molar-refractivity contribution >= 4 is 38.7 Å². The van der Waals surface area contributed by atoms with Gasteiger partial charge in [-0.15, -0.1) is 0 Å². The molecule has 0 aliphatic heterocycles. The zero-order valence-electron chi connectivity index (χ0n) is 16.7. The number of nitro benzene ring substituents is 1. The summed E-state index contributed by atoms with van der Waals surface area (Å²) in [7, 11) is 2.71. The van der Waals surface area contributed by atoms with Gasteiger partial charge in [0.2, 0.25) is 5.75 Å². The van der Waals surface area contributed by atoms with Crippen LogP contribution in [0.25, 0.3) is 10.9 Å². The molecule has 0 spiro atoms. The number of nitro groups is 1. The molecule has 0 aliphatic carbocycles. The first kappa shape index (κ1) is 21.4. The van der Waals surface area contributed by atoms with Gasteiger partial charge in [0.15, 0.2) is 5.75 Å². The minimum Gasteiger partial charge on any atom is -0.493 e. The molecule has 1 heterocycles. The average molecular weight is 475 g/mol. The molecule has 0 amide bonds. The summed E-state index contributed by atoms with van der Waals surface area (Å²) < 4.78 is 12.3. The van der Waals surface area contributed by atoms with Gasteiger partial charge in [0, 0.05) is 22.0 Å². The Labute approximate surface area is 180 Å². The Bertz CT molecular complexity index is 1220. The Balaban J connectivity index is 2.19. The maximum Gasteiger partial charge on any atom is 0.315 e. The lowest BCUT2D eigenvalue weighted by molar-refractivity contribution is -0.385. The van der Waals surface area contributed by atoms with E-state index in [0.717, 1.165) is 4.47 Å². The summed E-state index contributed by atoms with van der Waals surface area (Å²) in [6.07, 6.45) is 1.35. The fraction of sp³-hybridized carbons (Fsp3) is 0.250. The predicted molar refractivity (Wildman–Crippen MR) is 117 cm³/mol. The second-order valence-electron chi connectivity index (χ2n) is 6.68. The smallest absolute Gasteiger partial charge is 0.315 e. The third-order valence-electron chi connectivity index (χ3n) is 4.35. The van der Waals surface area contributed by atoms with Crippen LogP contribution in [0.1, 0.15) is 31.2 Å². The predicted octanol–water partition coefficient (Wildman–Crippen LogP) is 4.09. The molecule has 0 saturated carbocycles. The van der Waals surface area contributed by atoms with Crippen LogP contribution < -0.4 is 15.0 Å². The van der Waals surface area contributed by atoms with Crippen LogP contribution in [-0.2, 0) is 0 Å². The lowest BCUT2D eigenvalue weighted by Crippen LogP contribution is -2.23. The largest absolute Gasteiger partial charge is 0.493 e. The fourth-order valence-electron chi connectivity index (χ4n) is 2.95. The summed E-state index contributed by atoms with van der Waals surface area (Å²) in [6, 6.07) is 8.10. The van der Waals surface area contributed by atoms with Gasteiger partial charge in [-0.05, 0) is 24.3 Å². The Morgan fingerprint density at radius 1 is 1.23 bits per heavy atom. The van der Waals surface area contributed by atoms with Gasteiger partial charge in [-0.2, -0.15) is 9.78 Å². The molecular formula is C20H19BrN4O5. The monoisotopic (exact) mass is 474 g/mol. The maximum absolute atomic E-state index is 13.1. The Morgan fingerprint density at radius 2 is 1.97 bits per heavy atom. The molecule has 1 aromatic heterocycles. The Hall–Kier alpha value is -3.27. The van der Waals surface area contributed by atoms with Gasteiger partial charge >= 0.3 is 5.69 Å². The van der Waals surface area contributed by atoms with Gasteiger partial charge in [0.1, 0.15) is 5.82 Å². The van der Waals surface area contributed by atoms with Gasteiger partial charge in [-0.1, -0.05) is 29.8 Å². The van der Waals surface area contributed by atoms with E-state index in [1.165, 1.54) is 31.2 Å². The van der Waals surface area contributed by atoms with Crippen LogP contribution in [0.15, 0.2) is 44.7 Å². The van der Waals surface area contributed by atoms with E-state index in [0.29, 0.717) is 22.3 Å². The number of aromatic nitrogens is 2. The van der Waals surface area contributed by atoms with Crippen LogP contribution in [-0.4, -0.2) is 35.0 Å². The van der Waals surface area contributed by atoms with E-state index >= 15 is 0 Å². The lowest BCUT2D eigenvalue weighted by Gasteiger charge is -2.12. The summed E-state index contributed by atoms with van der Waals surface area (Å²) in [6.45, 7) is 3.81. The highest BCUT2D eigenvalue weighted by atomic mass is 79.9. The molecule has 3 rings (SSSR count). The summed E-state index contributed by atoms with van der Waals surface area (Å²) in [5.74, 6) is 0.589. The quantitative estimate of drug-likeness (QED) is 0.302. The van der Waals surface area contributed by atoms with E-state index in [1.54, 1.807) is 18.2 Å². The molecular weight excluding hydrogens is 456 g/mol. The normalized spacial score (nSPS) is 11.4. The molecule has 0 bridgehead atoms. The zero-order chi connectivity index (χ0) is 22.0. The second kappa shape index (κ2) is 8.62. The minimum absolute atomic E-state index is 0.0110. The van der Waals surface area contributed by atoms with Gasteiger partial charge in [-0.3, -0.25) is 14.9 Å². The van der Waals surface area contributed by atoms with Crippen molar-refractivity contribution in [1.29, 1.82) is 0 Å². The van der Waals surface area contributed by atoms with E-state index < -0.39 is 4.92 Å². The van der Waals surface area contributed by atoms with Crippen LogP contribution in [0.2, 0.25) is 0 Å². The Morgan fingerprint density at radius 3 is 2.57 bits per heavy atom. The summed E-state index contributed by atoms with van der Waals surface area (Å²) in [5.41, 5.74) is 0.335. The van der Waals surface area contributed by atoms with Crippen molar-refractivity contribution in [3.63, 3.8) is 0 Å². The van der Waals surface area contributed by atoms with E-state index in [4.69, 9.17) is 9.47 Å². The summed E-state index contributed by atoms with van der Waals surface area (Å²) >= 11 is 3.36. The van der Waals surface area contributed by atoms with Crippen molar-refractivity contribution in [2.24, 2.45) is 5.10 Å². The van der Waals surface area contributed by atoms with Gasteiger partial charge < -0.3 is 9.47 Å². The molecule has 0 aliphatic rings. The number of hydrogen-bond acceptors (Lipinski definition) is 7. The molecule has 0 fully saturated rings. The second-order valence-corrected chi connectivity index (χ2v) is 7.60. The molecule has 3 aromatic rings. The number of fused-ring (bicyclic) bond motifs is 1. The molecule has 0 radical (unpaired) electrons. The number of nitrogens with zero attached hydrogens (tertiary/aromatic N) is 4. The van der Waals surface area contributed by atoms with Crippen LogP contribution in [0.5, 0.6) is 11.5 Å². The molecule has 156 valence electrons. The zero-order valence-corrected chi connectivity index (χ0v) is 18.3. The minimum atomic E-state index is -0.570. The Kier molecular flexibility index (Phi) is 6.16. The number of halogens is 1. The van der Waals surface area contributed by atoms with E-state index in [9.17, 15) is 14.9 Å². The molecule has 0 unspecified atom stereocenters. The molecule has 0 saturated heterocycles. The first-order chi connectivity index (χ1) is 14.3. The highest BCUT2D eigenvalue weighted by Crippen LogP contribution is 2.37. The molecule has 9 nitrogen and oxygen atoms in total. The van der Waals surface area contributed by atoms with Crippen molar-refractivity contribution < 1.29 is 14.4 Å². The third kappa shape index (κ3) is 4.04. The van der Waals surface area contributed by atoms with E-state index in [-0.39, 0.29) is 28.7 Å². The molecule has 2 aromatic carbocycles. The number of rotatable bonds is 6. The fourth-order valence-corrected chi connectivity index (χ4v) is 3.31. The molecule has 10 heteroatoms. The lowest BCUT2D eigenvalue weighted by atomic mass is 10.1. The number of hydrogen-bond donors (Lipinski definition) is 0. The van der Waals surface area contributed by atoms with Gasteiger partial charge in [-0.25, -0.2) is 4.98 Å². The van der Waals surface area contributed by atoms with Crippen molar-refractivity contribution in [3.8, 4) is 11.5 Å². The van der Waals surface area contributed by atoms with E-state index in [2.05, 4.69) is 26.0 Å². The maximum atomic E-state index is 13.1. The van der Waals surface area contributed by atoms with Gasteiger partial charge in [0.25, 0.3) is 5.56 Å². The van der Waals surface area contributed by atoms with Crippen LogP contribution in [0, 0.1) is 10.1 Å². The highest BCUT2D eigenvalue weighted by molar-refractivity contribution is 9.10. The first-order valence-electron chi connectivity index (χ1n) is 8.93. The molecule has 0 atom stereocenters. The van der Waals surface area contributed by atoms with Crippen molar-refractivity contribution in [2.45, 2.75) is 19.8 Å². The first-order valence-corrected chi connectivity index (χ1v) is 9.73. The van der Waals surface area contributed by atoms with Crippen LogP contribution >= 0.6 is 15.9 Å². The SMILES string of the molecule is COc1cc(C=Nn2c(C(C)C)nc3ccc(Br)cc3c2=O)cc([N+](=O)[O-])c1OC. The van der Waals surface area contributed by atoms with Crippen molar-refractivity contribution in [3.05, 3.63) is 66.7 Å². The van der Waals surface area contributed by atoms with Crippen LogP contribution in [0.4, 0.5) is 5.69 Å². The number of ether oxygens (including phenoxy) is 2. The third-order valence-corrected chi connectivity index (χ3v) is 4.84. The van der Waals surface area contributed by atoms with Gasteiger partial charge in [0.05, 0.1) is 36.3 Å². The highest BCUT2D eigenvalue weighted by Gasteiger charge is 2.21. The standard InChI is InChI=1S/C20H19BrN4O5/c1-11(2)19-23-15-6-5-13(21)9-14(15)20(26)24(19)22-10-12-7-16(25(27)28)18(30-4)17(8-12)29-3/h5-11H,1-4H3.